The highest BCUT2D eigenvalue weighted by molar-refractivity contribution is 7.99. The zero-order chi connectivity index (χ0) is 14.7. The van der Waals surface area contributed by atoms with Crippen molar-refractivity contribution in [2.24, 2.45) is 0 Å². The second kappa shape index (κ2) is 6.21. The molecule has 1 N–H and O–H groups in total. The molecule has 0 spiro atoms. The first-order valence-electron chi connectivity index (χ1n) is 5.74. The number of nitrogens with zero attached hydrogens (tertiary/aromatic N) is 2. The molecule has 0 aliphatic rings. The number of aliphatic hydroxyl groups excluding tert-OH is 1. The Labute approximate surface area is 124 Å². The molecule has 0 aliphatic heterocycles. The van der Waals surface area contributed by atoms with E-state index in [0.29, 0.717) is 20.5 Å². The lowest BCUT2D eigenvalue weighted by molar-refractivity contribution is -0.387. The summed E-state index contributed by atoms with van der Waals surface area (Å²) in [6.45, 7) is 1.56. The van der Waals surface area contributed by atoms with Crippen molar-refractivity contribution in [1.82, 2.24) is 4.98 Å². The van der Waals surface area contributed by atoms with E-state index in [0.717, 1.165) is 11.8 Å². The summed E-state index contributed by atoms with van der Waals surface area (Å²) < 4.78 is 0. The molecule has 0 bridgehead atoms. The van der Waals surface area contributed by atoms with E-state index in [-0.39, 0.29) is 5.69 Å². The Hall–Kier alpha value is -1.63. The molecule has 20 heavy (non-hydrogen) atoms. The molecular formula is C13H11ClN2O3S. The van der Waals surface area contributed by atoms with Crippen LogP contribution in [0.5, 0.6) is 0 Å². The molecule has 0 saturated carbocycles. The Balaban J connectivity index is 2.41. The number of hydrogen-bond acceptors (Lipinski definition) is 5. The molecule has 1 aromatic carbocycles. The molecule has 0 radical (unpaired) electrons. The van der Waals surface area contributed by atoms with Gasteiger partial charge in [0.1, 0.15) is 5.03 Å². The molecule has 1 heterocycles. The SMILES string of the molecule is C[C@@H](O)c1ccc(Sc2ncccc2Cl)c([N+](=O)[O-])c1. The number of pyridine rings is 1. The highest BCUT2D eigenvalue weighted by Gasteiger charge is 2.18. The zero-order valence-electron chi connectivity index (χ0n) is 10.5. The van der Waals surface area contributed by atoms with Gasteiger partial charge in [0, 0.05) is 12.3 Å². The minimum absolute atomic E-state index is 0.0740. The lowest BCUT2D eigenvalue weighted by Crippen LogP contribution is -1.96. The maximum atomic E-state index is 11.1. The van der Waals surface area contributed by atoms with Crippen molar-refractivity contribution in [3.8, 4) is 0 Å². The third-order valence-electron chi connectivity index (χ3n) is 2.59. The van der Waals surface area contributed by atoms with Crippen LogP contribution in [0.25, 0.3) is 0 Å². The van der Waals surface area contributed by atoms with Crippen molar-refractivity contribution in [2.45, 2.75) is 22.9 Å². The largest absolute Gasteiger partial charge is 0.389 e. The van der Waals surface area contributed by atoms with Crippen LogP contribution < -0.4 is 0 Å². The summed E-state index contributed by atoms with van der Waals surface area (Å²) in [7, 11) is 0. The van der Waals surface area contributed by atoms with Crippen LogP contribution in [-0.4, -0.2) is 15.0 Å². The molecule has 0 aliphatic carbocycles. The first kappa shape index (κ1) is 14.8. The van der Waals surface area contributed by atoms with E-state index in [4.69, 9.17) is 11.6 Å². The number of aliphatic hydroxyl groups is 1. The molecule has 7 heteroatoms. The van der Waals surface area contributed by atoms with Crippen molar-refractivity contribution in [1.29, 1.82) is 0 Å². The van der Waals surface area contributed by atoms with E-state index in [9.17, 15) is 15.2 Å². The van der Waals surface area contributed by atoms with E-state index >= 15 is 0 Å². The summed E-state index contributed by atoms with van der Waals surface area (Å²) in [5.41, 5.74) is 0.420. The van der Waals surface area contributed by atoms with Crippen molar-refractivity contribution in [3.63, 3.8) is 0 Å². The fourth-order valence-corrected chi connectivity index (χ4v) is 2.67. The number of benzene rings is 1. The maximum Gasteiger partial charge on any atom is 0.283 e. The quantitative estimate of drug-likeness (QED) is 0.685. The molecule has 2 rings (SSSR count). The van der Waals surface area contributed by atoms with Crippen LogP contribution in [0.3, 0.4) is 0 Å². The Bertz CT molecular complexity index is 649. The van der Waals surface area contributed by atoms with Gasteiger partial charge in [-0.3, -0.25) is 10.1 Å². The second-order valence-electron chi connectivity index (χ2n) is 4.05. The van der Waals surface area contributed by atoms with Crippen molar-refractivity contribution >= 4 is 29.1 Å². The van der Waals surface area contributed by atoms with Crippen LogP contribution in [0, 0.1) is 10.1 Å². The molecule has 0 unspecified atom stereocenters. The Morgan fingerprint density at radius 1 is 1.45 bits per heavy atom. The maximum absolute atomic E-state index is 11.1. The summed E-state index contributed by atoms with van der Waals surface area (Å²) in [5, 5.41) is 21.6. The predicted octanol–water partition coefficient (Wildman–Crippen LogP) is 3.85. The number of rotatable bonds is 4. The van der Waals surface area contributed by atoms with Gasteiger partial charge in [-0.05, 0) is 30.7 Å². The standard InChI is InChI=1S/C13H11ClN2O3S/c1-8(17)9-4-5-12(11(7-9)16(18)19)20-13-10(14)3-2-6-15-13/h2-8,17H,1H3/t8-/m1/s1. The van der Waals surface area contributed by atoms with Crippen LogP contribution in [0.4, 0.5) is 5.69 Å². The van der Waals surface area contributed by atoms with Crippen molar-refractivity contribution in [3.05, 3.63) is 57.2 Å². The topological polar surface area (TPSA) is 76.3 Å². The molecule has 1 atom stereocenters. The van der Waals surface area contributed by atoms with Crippen LogP contribution in [0.15, 0.2) is 46.5 Å². The molecular weight excluding hydrogens is 300 g/mol. The molecule has 0 saturated heterocycles. The molecule has 0 fully saturated rings. The summed E-state index contributed by atoms with van der Waals surface area (Å²) in [4.78, 5) is 15.2. The van der Waals surface area contributed by atoms with Crippen LogP contribution in [-0.2, 0) is 0 Å². The van der Waals surface area contributed by atoms with Gasteiger partial charge in [-0.1, -0.05) is 29.4 Å². The minimum atomic E-state index is -0.758. The van der Waals surface area contributed by atoms with Gasteiger partial charge < -0.3 is 5.11 Å². The first-order valence-corrected chi connectivity index (χ1v) is 6.93. The number of nitro benzene ring substituents is 1. The van der Waals surface area contributed by atoms with Gasteiger partial charge in [-0.2, -0.15) is 0 Å². The summed E-state index contributed by atoms with van der Waals surface area (Å²) in [6, 6.07) is 7.97. The zero-order valence-corrected chi connectivity index (χ0v) is 12.1. The van der Waals surface area contributed by atoms with Gasteiger partial charge in [0.25, 0.3) is 5.69 Å². The van der Waals surface area contributed by atoms with Gasteiger partial charge in [0.05, 0.1) is 20.9 Å². The highest BCUT2D eigenvalue weighted by atomic mass is 35.5. The molecule has 5 nitrogen and oxygen atoms in total. The smallest absolute Gasteiger partial charge is 0.283 e. The molecule has 2 aromatic rings. The molecule has 1 aromatic heterocycles. The number of nitro groups is 1. The second-order valence-corrected chi connectivity index (χ2v) is 5.49. The Kier molecular flexibility index (Phi) is 4.59. The number of halogens is 1. The average molecular weight is 311 g/mol. The summed E-state index contributed by atoms with van der Waals surface area (Å²) >= 11 is 7.12. The van der Waals surface area contributed by atoms with Gasteiger partial charge in [0.2, 0.25) is 0 Å². The van der Waals surface area contributed by atoms with E-state index in [1.54, 1.807) is 37.4 Å². The monoisotopic (exact) mass is 310 g/mol. The van der Waals surface area contributed by atoms with E-state index in [2.05, 4.69) is 4.98 Å². The minimum Gasteiger partial charge on any atom is -0.389 e. The van der Waals surface area contributed by atoms with E-state index in [1.807, 2.05) is 0 Å². The molecule has 104 valence electrons. The van der Waals surface area contributed by atoms with Gasteiger partial charge >= 0.3 is 0 Å². The van der Waals surface area contributed by atoms with Crippen LogP contribution in [0.1, 0.15) is 18.6 Å². The number of hydrogen-bond donors (Lipinski definition) is 1. The van der Waals surface area contributed by atoms with Crippen LogP contribution >= 0.6 is 23.4 Å². The third-order valence-corrected chi connectivity index (χ3v) is 4.09. The lowest BCUT2D eigenvalue weighted by Gasteiger charge is -2.08. The first-order chi connectivity index (χ1) is 9.49. The van der Waals surface area contributed by atoms with Crippen molar-refractivity contribution < 1.29 is 10.0 Å². The number of aromatic nitrogens is 1. The normalized spacial score (nSPS) is 12.2. The Morgan fingerprint density at radius 2 is 2.20 bits per heavy atom. The lowest BCUT2D eigenvalue weighted by atomic mass is 10.1. The molecule has 0 amide bonds. The van der Waals surface area contributed by atoms with Gasteiger partial charge in [-0.25, -0.2) is 4.98 Å². The average Bonchev–Trinajstić information content (AvgIpc) is 2.41. The summed E-state index contributed by atoms with van der Waals surface area (Å²) in [6.07, 6.45) is 0.815. The fraction of sp³-hybridized carbons (Fsp3) is 0.154. The van der Waals surface area contributed by atoms with Crippen molar-refractivity contribution in [2.75, 3.05) is 0 Å². The Morgan fingerprint density at radius 3 is 2.80 bits per heavy atom. The third kappa shape index (κ3) is 3.27. The van der Waals surface area contributed by atoms with Crippen LogP contribution in [0.2, 0.25) is 5.02 Å². The van der Waals surface area contributed by atoms with Gasteiger partial charge in [-0.15, -0.1) is 0 Å². The fourth-order valence-electron chi connectivity index (χ4n) is 1.57. The summed E-state index contributed by atoms with van der Waals surface area (Å²) in [5.74, 6) is 0. The van der Waals surface area contributed by atoms with E-state index < -0.39 is 11.0 Å². The predicted molar refractivity (Wildman–Crippen MR) is 77.1 cm³/mol. The van der Waals surface area contributed by atoms with E-state index in [1.165, 1.54) is 6.07 Å². The highest BCUT2D eigenvalue weighted by Crippen LogP contribution is 2.37. The van der Waals surface area contributed by atoms with Gasteiger partial charge in [0.15, 0.2) is 0 Å².